The average molecular weight is 517 g/mol. The van der Waals surface area contributed by atoms with Crippen LogP contribution in [-0.2, 0) is 10.0 Å². The summed E-state index contributed by atoms with van der Waals surface area (Å²) in [5.41, 5.74) is 0.557. The molecule has 5 rings (SSSR count). The summed E-state index contributed by atoms with van der Waals surface area (Å²) in [7, 11) is -3.66. The number of sulfonamides is 1. The minimum Gasteiger partial charge on any atom is -0.494 e. The molecule has 2 aromatic carbocycles. The van der Waals surface area contributed by atoms with Crippen molar-refractivity contribution in [2.45, 2.75) is 30.6 Å². The first-order chi connectivity index (χ1) is 16.9. The van der Waals surface area contributed by atoms with Crippen molar-refractivity contribution in [2.75, 3.05) is 31.8 Å². The van der Waals surface area contributed by atoms with E-state index in [1.807, 2.05) is 6.92 Å². The molecule has 3 heterocycles. The van der Waals surface area contributed by atoms with E-state index in [2.05, 4.69) is 15.5 Å². The number of benzene rings is 2. The van der Waals surface area contributed by atoms with Gasteiger partial charge in [-0.3, -0.25) is 4.79 Å². The molecular formula is C23H24N4O6S2. The lowest BCUT2D eigenvalue weighted by atomic mass is 10.0. The molecule has 2 aliphatic heterocycles. The van der Waals surface area contributed by atoms with E-state index in [4.69, 9.17) is 14.2 Å². The fourth-order valence-electron chi connectivity index (χ4n) is 4.04. The number of carbonyl (C=O) groups excluding carboxylic acids is 1. The molecule has 0 bridgehead atoms. The summed E-state index contributed by atoms with van der Waals surface area (Å²) in [6.07, 6.45) is 1.47. The smallest absolute Gasteiger partial charge is 0.286 e. The highest BCUT2D eigenvalue weighted by Crippen LogP contribution is 2.35. The molecule has 1 fully saturated rings. The third-order valence-corrected chi connectivity index (χ3v) is 8.74. The minimum absolute atomic E-state index is 0.134. The zero-order valence-corrected chi connectivity index (χ0v) is 20.6. The van der Waals surface area contributed by atoms with Gasteiger partial charge in [-0.1, -0.05) is 11.3 Å². The van der Waals surface area contributed by atoms with E-state index in [-0.39, 0.29) is 35.1 Å². The van der Waals surface area contributed by atoms with Gasteiger partial charge in [-0.15, -0.1) is 10.2 Å². The predicted molar refractivity (Wildman–Crippen MR) is 129 cm³/mol. The molecule has 3 aromatic rings. The molecule has 1 saturated heterocycles. The highest BCUT2D eigenvalue weighted by atomic mass is 32.2. The van der Waals surface area contributed by atoms with Crippen LogP contribution in [0.1, 0.15) is 40.5 Å². The molecule has 12 heteroatoms. The standard InChI is InChI=1S/C23H24N4O6S2/c1-2-31-17-6-8-18(9-7-17)35(29,30)27-11-3-4-15(13-27)22-25-26-23(34-22)21(28)24-16-5-10-19-20(12-16)33-14-32-19/h5-10,12,15H,2-4,11,13-14H2,1H3,(H,24,28)/t15-/m1/s1. The number of ether oxygens (including phenoxy) is 3. The molecule has 0 aliphatic carbocycles. The van der Waals surface area contributed by atoms with E-state index < -0.39 is 10.0 Å². The van der Waals surface area contributed by atoms with E-state index in [0.29, 0.717) is 47.5 Å². The van der Waals surface area contributed by atoms with Crippen LogP contribution in [0.5, 0.6) is 17.2 Å². The maximum Gasteiger partial charge on any atom is 0.286 e. The van der Waals surface area contributed by atoms with Crippen LogP contribution < -0.4 is 19.5 Å². The van der Waals surface area contributed by atoms with Crippen LogP contribution in [0.15, 0.2) is 47.4 Å². The molecule has 1 amide bonds. The van der Waals surface area contributed by atoms with E-state index in [9.17, 15) is 13.2 Å². The van der Waals surface area contributed by atoms with E-state index >= 15 is 0 Å². The van der Waals surface area contributed by atoms with Crippen LogP contribution in [0.25, 0.3) is 0 Å². The molecule has 0 radical (unpaired) electrons. The highest BCUT2D eigenvalue weighted by Gasteiger charge is 2.33. The monoisotopic (exact) mass is 516 g/mol. The number of hydrogen-bond acceptors (Lipinski definition) is 9. The van der Waals surface area contributed by atoms with Gasteiger partial charge in [0, 0.05) is 30.8 Å². The number of piperidine rings is 1. The summed E-state index contributed by atoms with van der Waals surface area (Å²) in [5.74, 6) is 1.30. The Morgan fingerprint density at radius 1 is 1.17 bits per heavy atom. The molecule has 1 atom stereocenters. The van der Waals surface area contributed by atoms with E-state index in [0.717, 1.165) is 6.42 Å². The van der Waals surface area contributed by atoms with Gasteiger partial charge in [-0.2, -0.15) is 4.31 Å². The van der Waals surface area contributed by atoms with Gasteiger partial charge in [-0.05, 0) is 56.2 Å². The third kappa shape index (κ3) is 4.95. The quantitative estimate of drug-likeness (QED) is 0.507. The molecule has 0 saturated carbocycles. The zero-order valence-electron chi connectivity index (χ0n) is 19.0. The van der Waals surface area contributed by atoms with Gasteiger partial charge in [0.05, 0.1) is 11.5 Å². The number of amides is 1. The van der Waals surface area contributed by atoms with Crippen molar-refractivity contribution in [2.24, 2.45) is 0 Å². The summed E-state index contributed by atoms with van der Waals surface area (Å²) >= 11 is 1.18. The molecule has 0 unspecified atom stereocenters. The van der Waals surface area contributed by atoms with E-state index in [1.54, 1.807) is 42.5 Å². The van der Waals surface area contributed by atoms with Crippen LogP contribution >= 0.6 is 11.3 Å². The van der Waals surface area contributed by atoms with Crippen molar-refractivity contribution in [3.8, 4) is 17.2 Å². The Labute approximate surface area is 206 Å². The Hall–Kier alpha value is -3.22. The molecule has 10 nitrogen and oxygen atoms in total. The maximum atomic E-state index is 13.2. The normalized spacial score (nSPS) is 17.8. The van der Waals surface area contributed by atoms with Crippen molar-refractivity contribution in [1.29, 1.82) is 0 Å². The number of nitrogens with zero attached hydrogens (tertiary/aromatic N) is 3. The van der Waals surface area contributed by atoms with Gasteiger partial charge in [-0.25, -0.2) is 8.42 Å². The van der Waals surface area contributed by atoms with Crippen LogP contribution in [0.3, 0.4) is 0 Å². The lowest BCUT2D eigenvalue weighted by molar-refractivity contribution is 0.102. The molecule has 0 spiro atoms. The van der Waals surface area contributed by atoms with Crippen molar-refractivity contribution in [3.63, 3.8) is 0 Å². The average Bonchev–Trinajstić information content (AvgIpc) is 3.55. The second-order valence-electron chi connectivity index (χ2n) is 8.07. The fraction of sp³-hybridized carbons (Fsp3) is 0.348. The van der Waals surface area contributed by atoms with Gasteiger partial charge >= 0.3 is 0 Å². The number of nitrogens with one attached hydrogen (secondary N) is 1. The molecular weight excluding hydrogens is 492 g/mol. The first-order valence-electron chi connectivity index (χ1n) is 11.2. The number of hydrogen-bond donors (Lipinski definition) is 1. The Morgan fingerprint density at radius 2 is 1.97 bits per heavy atom. The molecule has 1 N–H and O–H groups in total. The summed E-state index contributed by atoms with van der Waals surface area (Å²) in [5, 5.41) is 11.9. The fourth-order valence-corrected chi connectivity index (χ4v) is 6.42. The molecule has 2 aliphatic rings. The SMILES string of the molecule is CCOc1ccc(S(=O)(=O)N2CCC[C@@H](c3nnc(C(=O)Nc4ccc5c(c4)OCO5)s3)C2)cc1. The first-order valence-corrected chi connectivity index (χ1v) is 13.5. The largest absolute Gasteiger partial charge is 0.494 e. The van der Waals surface area contributed by atoms with Crippen molar-refractivity contribution in [3.05, 3.63) is 52.5 Å². The summed E-state index contributed by atoms with van der Waals surface area (Å²) < 4.78 is 43.9. The first kappa shape index (κ1) is 23.5. The summed E-state index contributed by atoms with van der Waals surface area (Å²) in [6, 6.07) is 11.6. The van der Waals surface area contributed by atoms with E-state index in [1.165, 1.54) is 15.6 Å². The topological polar surface area (TPSA) is 120 Å². The van der Waals surface area contributed by atoms with Gasteiger partial charge in [0.2, 0.25) is 21.8 Å². The van der Waals surface area contributed by atoms with Gasteiger partial charge in [0.1, 0.15) is 10.8 Å². The van der Waals surface area contributed by atoms with Gasteiger partial charge in [0.25, 0.3) is 5.91 Å². The van der Waals surface area contributed by atoms with Crippen LogP contribution in [0, 0.1) is 0 Å². The molecule has 184 valence electrons. The Kier molecular flexibility index (Phi) is 6.58. The molecule has 1 aromatic heterocycles. The van der Waals surface area contributed by atoms with Crippen LogP contribution in [0.2, 0.25) is 0 Å². The summed E-state index contributed by atoms with van der Waals surface area (Å²) in [4.78, 5) is 12.9. The van der Waals surface area contributed by atoms with Gasteiger partial charge < -0.3 is 19.5 Å². The summed E-state index contributed by atoms with van der Waals surface area (Å²) in [6.45, 7) is 3.26. The minimum atomic E-state index is -3.66. The lowest BCUT2D eigenvalue weighted by Gasteiger charge is -2.30. The highest BCUT2D eigenvalue weighted by molar-refractivity contribution is 7.89. The number of rotatable bonds is 7. The number of fused-ring (bicyclic) bond motifs is 1. The molecule has 35 heavy (non-hydrogen) atoms. The number of anilines is 1. The Morgan fingerprint density at radius 3 is 2.77 bits per heavy atom. The predicted octanol–water partition coefficient (Wildman–Crippen LogP) is 3.49. The second kappa shape index (κ2) is 9.80. The van der Waals surface area contributed by atoms with Crippen molar-refractivity contribution in [1.82, 2.24) is 14.5 Å². The Bertz CT molecular complexity index is 1330. The van der Waals surface area contributed by atoms with Crippen molar-refractivity contribution < 1.29 is 27.4 Å². The van der Waals surface area contributed by atoms with Gasteiger partial charge in [0.15, 0.2) is 11.5 Å². The third-order valence-electron chi connectivity index (χ3n) is 5.77. The van der Waals surface area contributed by atoms with Crippen LogP contribution in [-0.4, -0.2) is 55.3 Å². The maximum absolute atomic E-state index is 13.2. The van der Waals surface area contributed by atoms with Crippen molar-refractivity contribution >= 4 is 33.0 Å². The number of aromatic nitrogens is 2. The van der Waals surface area contributed by atoms with Crippen LogP contribution in [0.4, 0.5) is 5.69 Å². The Balaban J connectivity index is 1.26. The number of carbonyl (C=O) groups is 1. The zero-order chi connectivity index (χ0) is 24.4. The lowest BCUT2D eigenvalue weighted by Crippen LogP contribution is -2.39. The second-order valence-corrected chi connectivity index (χ2v) is 11.0.